The largest absolute Gasteiger partial charge is 0.481 e. The third-order valence-electron chi connectivity index (χ3n) is 2.92. The van der Waals surface area contributed by atoms with Crippen LogP contribution >= 0.6 is 0 Å². The van der Waals surface area contributed by atoms with Crippen LogP contribution < -0.4 is 4.90 Å². The highest BCUT2D eigenvalue weighted by atomic mass is 19.1. The number of benzene rings is 1. The smallest absolute Gasteiger partial charge is 0.308 e. The fourth-order valence-corrected chi connectivity index (χ4v) is 1.93. The number of aliphatic carboxylic acids is 1. The molecule has 5 nitrogen and oxygen atoms in total. The van der Waals surface area contributed by atoms with Gasteiger partial charge in [-0.15, -0.1) is 0 Å². The molecule has 2 rings (SSSR count). The predicted molar refractivity (Wildman–Crippen MR) is 59.2 cm³/mol. The minimum Gasteiger partial charge on any atom is -0.481 e. The number of anilines is 1. The highest BCUT2D eigenvalue weighted by molar-refractivity contribution is 5.99. The standard InChI is InChI=1S/C12H8F2N2O3/c13-8-3-10(9(14)1-6(8)4-15)16-5-7(12(18)19)2-11(16)17/h1,3,7H,2,5H2,(H,18,19). The molecule has 1 atom stereocenters. The molecule has 1 aliphatic rings. The van der Waals surface area contributed by atoms with Crippen molar-refractivity contribution in [2.45, 2.75) is 6.42 Å². The first-order chi connectivity index (χ1) is 8.93. The van der Waals surface area contributed by atoms with Crippen LogP contribution in [0.4, 0.5) is 14.5 Å². The molecule has 0 aromatic heterocycles. The van der Waals surface area contributed by atoms with Gasteiger partial charge in [0.2, 0.25) is 5.91 Å². The Labute approximate surface area is 106 Å². The normalized spacial score (nSPS) is 18.5. The monoisotopic (exact) mass is 266 g/mol. The second-order valence-corrected chi connectivity index (χ2v) is 4.14. The van der Waals surface area contributed by atoms with E-state index in [4.69, 9.17) is 10.4 Å². The van der Waals surface area contributed by atoms with Gasteiger partial charge in [-0.05, 0) is 6.07 Å². The molecule has 1 heterocycles. The van der Waals surface area contributed by atoms with Crippen molar-refractivity contribution in [1.82, 2.24) is 0 Å². The van der Waals surface area contributed by atoms with E-state index < -0.39 is 35.0 Å². The third kappa shape index (κ3) is 2.25. The molecule has 1 N–H and O–H groups in total. The number of rotatable bonds is 2. The van der Waals surface area contributed by atoms with Gasteiger partial charge in [0.1, 0.15) is 17.7 Å². The molecular weight excluding hydrogens is 258 g/mol. The lowest BCUT2D eigenvalue weighted by molar-refractivity contribution is -0.141. The van der Waals surface area contributed by atoms with Gasteiger partial charge >= 0.3 is 5.97 Å². The zero-order valence-electron chi connectivity index (χ0n) is 9.56. The Morgan fingerprint density at radius 1 is 1.42 bits per heavy atom. The van der Waals surface area contributed by atoms with Gasteiger partial charge < -0.3 is 10.0 Å². The Hall–Kier alpha value is -2.49. The van der Waals surface area contributed by atoms with Crippen molar-refractivity contribution in [3.8, 4) is 6.07 Å². The third-order valence-corrected chi connectivity index (χ3v) is 2.92. The maximum Gasteiger partial charge on any atom is 0.308 e. The molecule has 0 saturated carbocycles. The van der Waals surface area contributed by atoms with E-state index in [9.17, 15) is 18.4 Å². The molecular formula is C12H8F2N2O3. The van der Waals surface area contributed by atoms with Crippen LogP contribution in [0.15, 0.2) is 12.1 Å². The summed E-state index contributed by atoms with van der Waals surface area (Å²) in [7, 11) is 0. The highest BCUT2D eigenvalue weighted by Crippen LogP contribution is 2.29. The molecule has 7 heteroatoms. The van der Waals surface area contributed by atoms with Gasteiger partial charge in [0.25, 0.3) is 0 Å². The molecule has 98 valence electrons. The molecule has 1 aromatic carbocycles. The zero-order chi connectivity index (χ0) is 14.2. The van der Waals surface area contributed by atoms with Gasteiger partial charge in [-0.3, -0.25) is 9.59 Å². The summed E-state index contributed by atoms with van der Waals surface area (Å²) in [5.41, 5.74) is -0.812. The molecule has 1 unspecified atom stereocenters. The average molecular weight is 266 g/mol. The van der Waals surface area contributed by atoms with E-state index in [1.165, 1.54) is 6.07 Å². The summed E-state index contributed by atoms with van der Waals surface area (Å²) < 4.78 is 27.1. The number of nitriles is 1. The van der Waals surface area contributed by atoms with Crippen LogP contribution in [0.25, 0.3) is 0 Å². The van der Waals surface area contributed by atoms with E-state index in [0.717, 1.165) is 11.0 Å². The van der Waals surface area contributed by atoms with Gasteiger partial charge in [0.05, 0.1) is 17.2 Å². The van der Waals surface area contributed by atoms with Crippen LogP contribution in [-0.4, -0.2) is 23.5 Å². The number of halogens is 2. The molecule has 1 aromatic rings. The predicted octanol–water partition coefficient (Wildman–Crippen LogP) is 1.27. The number of hydrogen-bond acceptors (Lipinski definition) is 3. The van der Waals surface area contributed by atoms with E-state index in [-0.39, 0.29) is 18.7 Å². The topological polar surface area (TPSA) is 81.4 Å². The first-order valence-corrected chi connectivity index (χ1v) is 5.36. The van der Waals surface area contributed by atoms with Crippen LogP contribution in [0.1, 0.15) is 12.0 Å². The van der Waals surface area contributed by atoms with Crippen LogP contribution in [0.5, 0.6) is 0 Å². The van der Waals surface area contributed by atoms with E-state index in [2.05, 4.69) is 0 Å². The fraction of sp³-hybridized carbons (Fsp3) is 0.250. The van der Waals surface area contributed by atoms with Gasteiger partial charge in [0.15, 0.2) is 0 Å². The highest BCUT2D eigenvalue weighted by Gasteiger charge is 2.36. The van der Waals surface area contributed by atoms with E-state index in [0.29, 0.717) is 6.07 Å². The second-order valence-electron chi connectivity index (χ2n) is 4.14. The molecule has 0 aliphatic carbocycles. The summed E-state index contributed by atoms with van der Waals surface area (Å²) in [6, 6.07) is 2.90. The number of amides is 1. The number of carboxylic acid groups (broad SMARTS) is 1. The van der Waals surface area contributed by atoms with Crippen molar-refractivity contribution in [2.75, 3.05) is 11.4 Å². The van der Waals surface area contributed by atoms with Crippen molar-refractivity contribution < 1.29 is 23.5 Å². The van der Waals surface area contributed by atoms with Crippen molar-refractivity contribution in [1.29, 1.82) is 5.26 Å². The van der Waals surface area contributed by atoms with Crippen molar-refractivity contribution >= 4 is 17.6 Å². The number of carbonyl (C=O) groups is 2. The lowest BCUT2D eigenvalue weighted by atomic mass is 10.1. The van der Waals surface area contributed by atoms with Gasteiger partial charge in [-0.2, -0.15) is 5.26 Å². The summed E-state index contributed by atoms with van der Waals surface area (Å²) in [6.45, 7) is -0.212. The maximum absolute atomic E-state index is 13.7. The van der Waals surface area contributed by atoms with Crippen molar-refractivity contribution in [3.63, 3.8) is 0 Å². The minimum atomic E-state index is -1.16. The summed E-state index contributed by atoms with van der Waals surface area (Å²) in [5, 5.41) is 17.4. The van der Waals surface area contributed by atoms with Crippen molar-refractivity contribution in [2.24, 2.45) is 5.92 Å². The Kier molecular flexibility index (Phi) is 3.17. The van der Waals surface area contributed by atoms with Gasteiger partial charge in [-0.1, -0.05) is 0 Å². The molecule has 1 amide bonds. The van der Waals surface area contributed by atoms with Crippen LogP contribution in [0.3, 0.4) is 0 Å². The number of hydrogen-bond donors (Lipinski definition) is 1. The van der Waals surface area contributed by atoms with E-state index in [1.807, 2.05) is 0 Å². The average Bonchev–Trinajstić information content (AvgIpc) is 2.74. The summed E-state index contributed by atoms with van der Waals surface area (Å²) >= 11 is 0. The van der Waals surface area contributed by atoms with E-state index in [1.54, 1.807) is 0 Å². The van der Waals surface area contributed by atoms with Crippen LogP contribution in [-0.2, 0) is 9.59 Å². The number of nitrogens with zero attached hydrogens (tertiary/aromatic N) is 2. The number of carboxylic acids is 1. The SMILES string of the molecule is N#Cc1cc(F)c(N2CC(C(=O)O)CC2=O)cc1F. The molecule has 0 bridgehead atoms. The first kappa shape index (κ1) is 13.0. The van der Waals surface area contributed by atoms with Crippen LogP contribution in [0, 0.1) is 28.9 Å². The Morgan fingerprint density at radius 2 is 2.11 bits per heavy atom. The second kappa shape index (κ2) is 4.65. The van der Waals surface area contributed by atoms with Crippen LogP contribution in [0.2, 0.25) is 0 Å². The molecule has 1 fully saturated rings. The minimum absolute atomic E-state index is 0.212. The molecule has 1 saturated heterocycles. The fourth-order valence-electron chi connectivity index (χ4n) is 1.93. The van der Waals surface area contributed by atoms with Gasteiger partial charge in [-0.25, -0.2) is 8.78 Å². The quantitative estimate of drug-likeness (QED) is 0.874. The molecule has 19 heavy (non-hydrogen) atoms. The summed E-state index contributed by atoms with van der Waals surface area (Å²) in [5.74, 6) is -4.57. The van der Waals surface area contributed by atoms with E-state index >= 15 is 0 Å². The lowest BCUT2D eigenvalue weighted by Gasteiger charge is -2.17. The molecule has 1 aliphatic heterocycles. The Morgan fingerprint density at radius 3 is 2.63 bits per heavy atom. The number of carbonyl (C=O) groups excluding carboxylic acids is 1. The first-order valence-electron chi connectivity index (χ1n) is 5.36. The lowest BCUT2D eigenvalue weighted by Crippen LogP contribution is -2.27. The Bertz CT molecular complexity index is 610. The van der Waals surface area contributed by atoms with Gasteiger partial charge in [0, 0.05) is 19.0 Å². The molecule has 0 radical (unpaired) electrons. The summed E-state index contributed by atoms with van der Waals surface area (Å²) in [4.78, 5) is 23.3. The Balaban J connectivity index is 2.38. The van der Waals surface area contributed by atoms with Crippen molar-refractivity contribution in [3.05, 3.63) is 29.3 Å². The molecule has 0 spiro atoms. The zero-order valence-corrected chi connectivity index (χ0v) is 9.56. The maximum atomic E-state index is 13.7. The summed E-state index contributed by atoms with van der Waals surface area (Å²) in [6.07, 6.45) is -0.254.